The van der Waals surface area contributed by atoms with Crippen molar-refractivity contribution in [2.24, 2.45) is 15.2 Å². The summed E-state index contributed by atoms with van der Waals surface area (Å²) in [5.74, 6) is 0.0594. The largest absolute Gasteiger partial charge is 0.290 e. The quantitative estimate of drug-likeness (QED) is 0.490. The van der Waals surface area contributed by atoms with Gasteiger partial charge in [0.1, 0.15) is 0 Å². The summed E-state index contributed by atoms with van der Waals surface area (Å²) in [5, 5.41) is 0. The monoisotopic (exact) mass is 341 g/mol. The first-order valence-electron chi connectivity index (χ1n) is 8.29. The van der Waals surface area contributed by atoms with Gasteiger partial charge in [0.2, 0.25) is 0 Å². The van der Waals surface area contributed by atoms with Crippen molar-refractivity contribution in [3.63, 3.8) is 0 Å². The number of carbonyl (C=O) groups excluding carboxylic acids is 1. The predicted molar refractivity (Wildman–Crippen MR) is 105 cm³/mol. The van der Waals surface area contributed by atoms with Crippen molar-refractivity contribution in [3.8, 4) is 0 Å². The second-order valence-electron chi connectivity index (χ2n) is 8.36. The van der Waals surface area contributed by atoms with Crippen molar-refractivity contribution >= 4 is 23.4 Å². The molecule has 0 fully saturated rings. The first-order chi connectivity index (χ1) is 11.0. The van der Waals surface area contributed by atoms with Crippen LogP contribution in [-0.4, -0.2) is 11.5 Å². The lowest BCUT2D eigenvalue weighted by atomic mass is 9.72. The van der Waals surface area contributed by atoms with Crippen LogP contribution in [0.25, 0.3) is 0 Å². The lowest BCUT2D eigenvalue weighted by Crippen LogP contribution is -2.29. The SMILES string of the molecule is Cc1ccc(SN=C2C(C(C)(C)C)=CC(=O)C=C2C(C)(C)C)cc1. The average Bonchev–Trinajstić information content (AvgIpc) is 2.45. The predicted octanol–water partition coefficient (Wildman–Crippen LogP) is 5.97. The van der Waals surface area contributed by atoms with Crippen LogP contribution in [0.1, 0.15) is 47.1 Å². The summed E-state index contributed by atoms with van der Waals surface area (Å²) in [5.41, 5.74) is 3.94. The molecule has 3 heteroatoms. The van der Waals surface area contributed by atoms with Crippen LogP contribution in [0.3, 0.4) is 0 Å². The molecule has 2 rings (SSSR count). The minimum absolute atomic E-state index is 0.0594. The summed E-state index contributed by atoms with van der Waals surface area (Å²) in [6.45, 7) is 14.8. The molecule has 0 radical (unpaired) electrons. The smallest absolute Gasteiger partial charge is 0.179 e. The Bertz CT molecular complexity index is 687. The first kappa shape index (κ1) is 18.7. The highest BCUT2D eigenvalue weighted by atomic mass is 32.2. The maximum Gasteiger partial charge on any atom is 0.179 e. The van der Waals surface area contributed by atoms with Crippen LogP contribution in [0, 0.1) is 17.8 Å². The summed E-state index contributed by atoms with van der Waals surface area (Å²) in [4.78, 5) is 13.3. The number of nitrogens with zero attached hydrogens (tertiary/aromatic N) is 1. The van der Waals surface area contributed by atoms with Gasteiger partial charge in [-0.3, -0.25) is 4.79 Å². The fraction of sp³-hybridized carbons (Fsp3) is 0.429. The highest BCUT2D eigenvalue weighted by Crippen LogP contribution is 2.39. The van der Waals surface area contributed by atoms with E-state index in [0.29, 0.717) is 0 Å². The number of carbonyl (C=O) groups is 1. The van der Waals surface area contributed by atoms with Gasteiger partial charge in [0.15, 0.2) is 5.78 Å². The minimum atomic E-state index is -0.132. The van der Waals surface area contributed by atoms with Gasteiger partial charge in [-0.05, 0) is 53.2 Å². The molecule has 24 heavy (non-hydrogen) atoms. The van der Waals surface area contributed by atoms with Gasteiger partial charge in [-0.1, -0.05) is 59.2 Å². The van der Waals surface area contributed by atoms with E-state index < -0.39 is 0 Å². The second-order valence-corrected chi connectivity index (χ2v) is 9.20. The van der Waals surface area contributed by atoms with Crippen molar-refractivity contribution in [2.75, 3.05) is 0 Å². The Hall–Kier alpha value is -1.61. The lowest BCUT2D eigenvalue weighted by Gasteiger charge is -2.33. The number of allylic oxidation sites excluding steroid dienone is 4. The van der Waals surface area contributed by atoms with Gasteiger partial charge in [0.25, 0.3) is 0 Å². The second kappa shape index (κ2) is 6.72. The third kappa shape index (κ3) is 4.47. The van der Waals surface area contributed by atoms with Crippen LogP contribution in [0.4, 0.5) is 0 Å². The van der Waals surface area contributed by atoms with Gasteiger partial charge in [0.05, 0.1) is 5.71 Å². The fourth-order valence-corrected chi connectivity index (χ4v) is 3.20. The van der Waals surface area contributed by atoms with E-state index in [-0.39, 0.29) is 16.6 Å². The van der Waals surface area contributed by atoms with Gasteiger partial charge in [-0.15, -0.1) is 0 Å². The Morgan fingerprint density at radius 2 is 1.29 bits per heavy atom. The zero-order valence-corrected chi connectivity index (χ0v) is 16.5. The van der Waals surface area contributed by atoms with E-state index in [9.17, 15) is 4.79 Å². The molecular formula is C21H27NOS. The lowest BCUT2D eigenvalue weighted by molar-refractivity contribution is -0.110. The van der Waals surface area contributed by atoms with Crippen molar-refractivity contribution < 1.29 is 4.79 Å². The molecule has 0 saturated heterocycles. The molecule has 0 saturated carbocycles. The molecule has 1 aliphatic carbocycles. The van der Waals surface area contributed by atoms with E-state index in [2.05, 4.69) is 72.7 Å². The Kier molecular flexibility index (Phi) is 5.24. The summed E-state index contributed by atoms with van der Waals surface area (Å²) in [6, 6.07) is 8.35. The van der Waals surface area contributed by atoms with Crippen LogP contribution >= 0.6 is 11.9 Å². The molecule has 1 aliphatic rings. The van der Waals surface area contributed by atoms with Crippen molar-refractivity contribution in [3.05, 3.63) is 53.1 Å². The minimum Gasteiger partial charge on any atom is -0.290 e. The topological polar surface area (TPSA) is 29.4 Å². The maximum atomic E-state index is 12.2. The number of rotatable bonds is 2. The van der Waals surface area contributed by atoms with Crippen molar-refractivity contribution in [2.45, 2.75) is 53.4 Å². The number of hydrogen-bond acceptors (Lipinski definition) is 3. The summed E-state index contributed by atoms with van der Waals surface area (Å²) >= 11 is 1.47. The average molecular weight is 342 g/mol. The van der Waals surface area contributed by atoms with Crippen LogP contribution in [0.15, 0.2) is 56.9 Å². The van der Waals surface area contributed by atoms with Gasteiger partial charge in [-0.2, -0.15) is 0 Å². The molecule has 0 heterocycles. The van der Waals surface area contributed by atoms with Crippen molar-refractivity contribution in [1.82, 2.24) is 0 Å². The Labute approximate surface area is 150 Å². The fourth-order valence-electron chi connectivity index (χ4n) is 2.55. The molecule has 1 aromatic carbocycles. The van der Waals surface area contributed by atoms with E-state index in [1.54, 1.807) is 12.2 Å². The molecule has 0 spiro atoms. The van der Waals surface area contributed by atoms with E-state index >= 15 is 0 Å². The summed E-state index contributed by atoms with van der Waals surface area (Å²) in [7, 11) is 0. The van der Waals surface area contributed by atoms with Gasteiger partial charge < -0.3 is 0 Å². The summed E-state index contributed by atoms with van der Waals surface area (Å²) < 4.78 is 4.86. The zero-order valence-electron chi connectivity index (χ0n) is 15.7. The number of ketones is 1. The molecule has 0 atom stereocenters. The molecule has 0 aromatic heterocycles. The molecule has 0 N–H and O–H groups in total. The molecule has 2 nitrogen and oxygen atoms in total. The number of benzene rings is 1. The third-order valence-electron chi connectivity index (χ3n) is 3.96. The number of hydrogen-bond donors (Lipinski definition) is 0. The molecule has 0 aliphatic heterocycles. The van der Waals surface area contributed by atoms with E-state index in [0.717, 1.165) is 21.8 Å². The van der Waals surface area contributed by atoms with Crippen LogP contribution < -0.4 is 0 Å². The van der Waals surface area contributed by atoms with E-state index in [1.165, 1.54) is 17.5 Å². The highest BCUT2D eigenvalue weighted by molar-refractivity contribution is 7.98. The zero-order chi connectivity index (χ0) is 18.1. The summed E-state index contributed by atoms with van der Waals surface area (Å²) in [6.07, 6.45) is 3.48. The van der Waals surface area contributed by atoms with E-state index in [4.69, 9.17) is 4.40 Å². The van der Waals surface area contributed by atoms with Crippen LogP contribution in [0.5, 0.6) is 0 Å². The molecule has 0 bridgehead atoms. The van der Waals surface area contributed by atoms with Crippen molar-refractivity contribution in [1.29, 1.82) is 0 Å². The van der Waals surface area contributed by atoms with Gasteiger partial charge >= 0.3 is 0 Å². The number of aryl methyl sites for hydroxylation is 1. The highest BCUT2D eigenvalue weighted by Gasteiger charge is 2.33. The third-order valence-corrected chi connectivity index (χ3v) is 4.72. The molecular weight excluding hydrogens is 314 g/mol. The Balaban J connectivity index is 2.47. The molecule has 0 unspecified atom stereocenters. The molecule has 128 valence electrons. The molecule has 0 amide bonds. The Morgan fingerprint density at radius 1 is 0.833 bits per heavy atom. The first-order valence-corrected chi connectivity index (χ1v) is 9.06. The van der Waals surface area contributed by atoms with E-state index in [1.807, 2.05) is 0 Å². The van der Waals surface area contributed by atoms with Gasteiger partial charge in [-0.25, -0.2) is 4.40 Å². The van der Waals surface area contributed by atoms with Crippen LogP contribution in [0.2, 0.25) is 0 Å². The standard InChI is InChI=1S/C21H27NOS/c1-14-8-10-16(11-9-14)24-22-19-17(20(2,3)4)12-15(23)13-18(19)21(5,6)7/h8-13H,1-7H3. The normalized spacial score (nSPS) is 16.0. The van der Waals surface area contributed by atoms with Gasteiger partial charge in [0, 0.05) is 16.8 Å². The van der Waals surface area contributed by atoms with Crippen LogP contribution in [-0.2, 0) is 4.79 Å². The molecule has 1 aromatic rings. The maximum absolute atomic E-state index is 12.2. The Morgan fingerprint density at radius 3 is 1.71 bits per heavy atom.